The van der Waals surface area contributed by atoms with Gasteiger partial charge < -0.3 is 15.2 Å². The van der Waals surface area contributed by atoms with Crippen LogP contribution in [0.15, 0.2) is 28.8 Å². The number of anilines is 1. The molecule has 24 heavy (non-hydrogen) atoms. The minimum Gasteiger partial charge on any atom is -0.352 e. The second kappa shape index (κ2) is 8.81. The van der Waals surface area contributed by atoms with Crippen LogP contribution in [0.4, 0.5) is 5.69 Å². The maximum atomic E-state index is 11.8. The van der Waals surface area contributed by atoms with Gasteiger partial charge in [-0.05, 0) is 31.0 Å². The quantitative estimate of drug-likeness (QED) is 0.774. The molecule has 0 aliphatic carbocycles. The average molecular weight is 330 g/mol. The lowest BCUT2D eigenvalue weighted by atomic mass is 10.2. The van der Waals surface area contributed by atoms with E-state index in [1.165, 1.54) is 0 Å². The largest absolute Gasteiger partial charge is 0.352 e. The van der Waals surface area contributed by atoms with Crippen molar-refractivity contribution in [1.82, 2.24) is 15.5 Å². The molecule has 0 radical (unpaired) electrons. The summed E-state index contributed by atoms with van der Waals surface area (Å²) in [6, 6.07) is 7.42. The molecule has 0 aliphatic rings. The molecular weight excluding hydrogens is 308 g/mol. The van der Waals surface area contributed by atoms with Crippen molar-refractivity contribution in [3.05, 3.63) is 41.5 Å². The van der Waals surface area contributed by atoms with Crippen molar-refractivity contribution < 1.29 is 14.1 Å². The molecule has 0 fully saturated rings. The van der Waals surface area contributed by atoms with Crippen LogP contribution in [0.1, 0.15) is 43.5 Å². The molecule has 2 aromatic rings. The van der Waals surface area contributed by atoms with Crippen molar-refractivity contribution in [2.75, 3.05) is 5.32 Å². The van der Waals surface area contributed by atoms with Crippen LogP contribution in [0.2, 0.25) is 0 Å². The normalized spacial score (nSPS) is 10.4. The molecule has 0 saturated carbocycles. The van der Waals surface area contributed by atoms with Gasteiger partial charge in [-0.15, -0.1) is 0 Å². The molecule has 0 bridgehead atoms. The third-order valence-corrected chi connectivity index (χ3v) is 3.34. The molecule has 1 aromatic carbocycles. The zero-order valence-electron chi connectivity index (χ0n) is 14.0. The molecule has 7 heteroatoms. The van der Waals surface area contributed by atoms with Gasteiger partial charge in [0.05, 0.1) is 0 Å². The van der Waals surface area contributed by atoms with Gasteiger partial charge in [0.25, 0.3) is 0 Å². The highest BCUT2D eigenvalue weighted by Crippen LogP contribution is 2.10. The van der Waals surface area contributed by atoms with E-state index in [1.54, 1.807) is 6.92 Å². The number of benzene rings is 1. The number of nitrogens with one attached hydrogen (secondary N) is 2. The number of aryl methyl sites for hydroxylation is 2. The Morgan fingerprint density at radius 1 is 1.12 bits per heavy atom. The second-order valence-electron chi connectivity index (χ2n) is 5.51. The minimum atomic E-state index is -0.0776. The first-order valence-electron chi connectivity index (χ1n) is 8.01. The molecule has 2 amide bonds. The van der Waals surface area contributed by atoms with Gasteiger partial charge in [-0.2, -0.15) is 4.98 Å². The molecular formula is C17H22N4O3. The molecule has 0 spiro atoms. The monoisotopic (exact) mass is 330 g/mol. The number of carbonyl (C=O) groups is 2. The molecule has 2 rings (SSSR count). The summed E-state index contributed by atoms with van der Waals surface area (Å²) >= 11 is 0. The van der Waals surface area contributed by atoms with E-state index in [-0.39, 0.29) is 11.8 Å². The maximum Gasteiger partial charge on any atom is 0.227 e. The van der Waals surface area contributed by atoms with Gasteiger partial charge in [-0.1, -0.05) is 24.2 Å². The molecule has 0 aliphatic heterocycles. The highest BCUT2D eigenvalue weighted by Gasteiger charge is 2.07. The number of hydrogen-bond donors (Lipinski definition) is 2. The zero-order chi connectivity index (χ0) is 17.4. The maximum absolute atomic E-state index is 11.8. The van der Waals surface area contributed by atoms with E-state index >= 15 is 0 Å². The van der Waals surface area contributed by atoms with E-state index in [9.17, 15) is 9.59 Å². The number of nitrogens with zero attached hydrogens (tertiary/aromatic N) is 2. The van der Waals surface area contributed by atoms with E-state index in [2.05, 4.69) is 20.8 Å². The fraction of sp³-hybridized carbons (Fsp3) is 0.412. The lowest BCUT2D eigenvalue weighted by Gasteiger charge is -2.07. The lowest BCUT2D eigenvalue weighted by Crippen LogP contribution is -2.23. The highest BCUT2D eigenvalue weighted by molar-refractivity contribution is 5.90. The summed E-state index contributed by atoms with van der Waals surface area (Å²) in [5.41, 5.74) is 1.72. The van der Waals surface area contributed by atoms with Crippen LogP contribution in [-0.4, -0.2) is 22.0 Å². The van der Waals surface area contributed by atoms with Crippen molar-refractivity contribution in [1.29, 1.82) is 0 Å². The third-order valence-electron chi connectivity index (χ3n) is 3.34. The minimum absolute atomic E-state index is 0.00909. The Bertz CT molecular complexity index is 679. The van der Waals surface area contributed by atoms with Gasteiger partial charge in [-0.25, -0.2) is 0 Å². The summed E-state index contributed by atoms with van der Waals surface area (Å²) in [6.45, 7) is 4.14. The molecule has 7 nitrogen and oxygen atoms in total. The second-order valence-corrected chi connectivity index (χ2v) is 5.51. The van der Waals surface area contributed by atoms with Gasteiger partial charge >= 0.3 is 0 Å². The Kier molecular flexibility index (Phi) is 6.48. The molecule has 128 valence electrons. The Labute approximate surface area is 140 Å². The van der Waals surface area contributed by atoms with E-state index in [0.717, 1.165) is 17.7 Å². The van der Waals surface area contributed by atoms with Crippen molar-refractivity contribution in [3.8, 4) is 0 Å². The summed E-state index contributed by atoms with van der Waals surface area (Å²) < 4.78 is 4.96. The molecule has 0 unspecified atom stereocenters. The number of carbonyl (C=O) groups excluding carboxylic acids is 2. The van der Waals surface area contributed by atoms with E-state index < -0.39 is 0 Å². The van der Waals surface area contributed by atoms with Gasteiger partial charge in [-0.3, -0.25) is 9.59 Å². The summed E-state index contributed by atoms with van der Waals surface area (Å²) in [7, 11) is 0. The van der Waals surface area contributed by atoms with E-state index in [1.807, 2.05) is 31.2 Å². The number of aromatic nitrogens is 2. The van der Waals surface area contributed by atoms with Gasteiger partial charge in [0.1, 0.15) is 0 Å². The number of rotatable bonds is 8. The summed E-state index contributed by atoms with van der Waals surface area (Å²) in [5, 5.41) is 9.35. The molecule has 2 N–H and O–H groups in total. The summed E-state index contributed by atoms with van der Waals surface area (Å²) in [5.74, 6) is 0.965. The number of hydrogen-bond acceptors (Lipinski definition) is 5. The third kappa shape index (κ3) is 5.83. The van der Waals surface area contributed by atoms with Gasteiger partial charge in [0, 0.05) is 31.5 Å². The van der Waals surface area contributed by atoms with E-state index in [4.69, 9.17) is 4.52 Å². The highest BCUT2D eigenvalue weighted by atomic mass is 16.5. The summed E-state index contributed by atoms with van der Waals surface area (Å²) in [4.78, 5) is 27.4. The Morgan fingerprint density at radius 3 is 2.50 bits per heavy atom. The lowest BCUT2D eigenvalue weighted by molar-refractivity contribution is -0.121. The van der Waals surface area contributed by atoms with Crippen LogP contribution >= 0.6 is 0 Å². The van der Waals surface area contributed by atoms with Crippen molar-refractivity contribution >= 4 is 17.5 Å². The standard InChI is InChI=1S/C17H22N4O3/c1-3-4-16(23)20-14-7-5-13(6-8-14)11-18-15(22)9-10-17-19-12(2)21-24-17/h5-8H,3-4,9-11H2,1-2H3,(H,18,22)(H,20,23). The van der Waals surface area contributed by atoms with Crippen LogP contribution in [0.3, 0.4) is 0 Å². The van der Waals surface area contributed by atoms with Crippen molar-refractivity contribution in [3.63, 3.8) is 0 Å². The van der Waals surface area contributed by atoms with Crippen molar-refractivity contribution in [2.24, 2.45) is 0 Å². The average Bonchev–Trinajstić information content (AvgIpc) is 2.98. The fourth-order valence-corrected chi connectivity index (χ4v) is 2.11. The van der Waals surface area contributed by atoms with Crippen LogP contribution in [0.5, 0.6) is 0 Å². The molecule has 0 saturated heterocycles. The SMILES string of the molecule is CCCC(=O)Nc1ccc(CNC(=O)CCc2nc(C)no2)cc1. The molecule has 1 aromatic heterocycles. The molecule has 0 atom stereocenters. The van der Waals surface area contributed by atoms with Gasteiger partial charge in [0.15, 0.2) is 5.82 Å². The Hall–Kier alpha value is -2.70. The van der Waals surface area contributed by atoms with Crippen LogP contribution in [0, 0.1) is 6.92 Å². The van der Waals surface area contributed by atoms with Crippen molar-refractivity contribution in [2.45, 2.75) is 46.1 Å². The Balaban J connectivity index is 1.73. The first kappa shape index (κ1) is 17.7. The topological polar surface area (TPSA) is 97.1 Å². The predicted octanol–water partition coefficient (Wildman–Crippen LogP) is 2.37. The van der Waals surface area contributed by atoms with E-state index in [0.29, 0.717) is 37.5 Å². The summed E-state index contributed by atoms with van der Waals surface area (Å²) in [6.07, 6.45) is 2.05. The first-order valence-corrected chi connectivity index (χ1v) is 8.01. The van der Waals surface area contributed by atoms with Crippen LogP contribution < -0.4 is 10.6 Å². The number of amides is 2. The van der Waals surface area contributed by atoms with Crippen LogP contribution in [-0.2, 0) is 22.6 Å². The predicted molar refractivity (Wildman–Crippen MR) is 89.2 cm³/mol. The van der Waals surface area contributed by atoms with Crippen LogP contribution in [0.25, 0.3) is 0 Å². The molecule has 1 heterocycles. The van der Waals surface area contributed by atoms with Gasteiger partial charge in [0.2, 0.25) is 17.7 Å². The first-order chi connectivity index (χ1) is 11.6. The fourth-order valence-electron chi connectivity index (χ4n) is 2.11. The zero-order valence-corrected chi connectivity index (χ0v) is 14.0. The Morgan fingerprint density at radius 2 is 1.88 bits per heavy atom. The smallest absolute Gasteiger partial charge is 0.227 e.